The zero-order chi connectivity index (χ0) is 31.7. The van der Waals surface area contributed by atoms with E-state index in [4.69, 9.17) is 11.6 Å². The average Bonchev–Trinajstić information content (AvgIpc) is 3.03. The summed E-state index contributed by atoms with van der Waals surface area (Å²) in [6, 6.07) is 30.8. The molecule has 0 spiro atoms. The number of sulfonamides is 1. The molecule has 2 amide bonds. The number of hydrogen-bond acceptors (Lipinski definition) is 4. The predicted octanol–water partition coefficient (Wildman–Crippen LogP) is 6.43. The van der Waals surface area contributed by atoms with Crippen LogP contribution in [0.2, 0.25) is 5.02 Å². The summed E-state index contributed by atoms with van der Waals surface area (Å²) < 4.78 is 29.3. The number of carbonyl (C=O) groups is 2. The van der Waals surface area contributed by atoms with Crippen molar-refractivity contribution < 1.29 is 18.0 Å². The lowest BCUT2D eigenvalue weighted by Gasteiger charge is -2.34. The molecular weight excluding hydrogens is 594 g/mol. The van der Waals surface area contributed by atoms with Crippen molar-refractivity contribution in [2.24, 2.45) is 0 Å². The van der Waals surface area contributed by atoms with Crippen molar-refractivity contribution in [2.45, 2.75) is 50.6 Å². The summed E-state index contributed by atoms with van der Waals surface area (Å²) in [5, 5.41) is 3.41. The first-order valence-corrected chi connectivity index (χ1v) is 16.4. The van der Waals surface area contributed by atoms with Gasteiger partial charge >= 0.3 is 0 Å². The van der Waals surface area contributed by atoms with Crippen LogP contribution in [0.15, 0.2) is 114 Å². The van der Waals surface area contributed by atoms with Gasteiger partial charge in [0.2, 0.25) is 11.8 Å². The number of nitrogens with zero attached hydrogens (tertiary/aromatic N) is 2. The summed E-state index contributed by atoms with van der Waals surface area (Å²) in [4.78, 5) is 29.5. The number of carbonyl (C=O) groups excluding carboxylic acids is 2. The largest absolute Gasteiger partial charge is 0.355 e. The highest BCUT2D eigenvalue weighted by molar-refractivity contribution is 7.92. The third-order valence-electron chi connectivity index (χ3n) is 7.35. The molecule has 4 aromatic carbocycles. The van der Waals surface area contributed by atoms with Crippen molar-refractivity contribution in [3.63, 3.8) is 0 Å². The fraction of sp³-hybridized carbons (Fsp3) is 0.257. The summed E-state index contributed by atoms with van der Waals surface area (Å²) in [6.45, 7) is 5.88. The number of halogens is 1. The molecule has 1 atom stereocenters. The fourth-order valence-electron chi connectivity index (χ4n) is 4.91. The third-order valence-corrected chi connectivity index (χ3v) is 9.39. The molecule has 1 N–H and O–H groups in total. The molecule has 0 bridgehead atoms. The lowest BCUT2D eigenvalue weighted by molar-refractivity contribution is -0.140. The molecule has 0 saturated carbocycles. The van der Waals surface area contributed by atoms with Crippen LogP contribution in [0.1, 0.15) is 43.4 Å². The van der Waals surface area contributed by atoms with Gasteiger partial charge in [-0.25, -0.2) is 8.42 Å². The molecule has 0 radical (unpaired) electrons. The minimum absolute atomic E-state index is 0.0644. The Kier molecular flexibility index (Phi) is 11.2. The van der Waals surface area contributed by atoms with Crippen LogP contribution in [0.5, 0.6) is 0 Å². The Morgan fingerprint density at radius 1 is 0.795 bits per heavy atom. The van der Waals surface area contributed by atoms with E-state index in [-0.39, 0.29) is 29.7 Å². The zero-order valence-electron chi connectivity index (χ0n) is 25.2. The van der Waals surface area contributed by atoms with Crippen LogP contribution in [-0.2, 0) is 32.6 Å². The van der Waals surface area contributed by atoms with E-state index in [9.17, 15) is 18.0 Å². The molecule has 0 aliphatic carbocycles. The second-order valence-corrected chi connectivity index (χ2v) is 13.1. The van der Waals surface area contributed by atoms with Crippen LogP contribution < -0.4 is 9.62 Å². The lowest BCUT2D eigenvalue weighted by atomic mass is 10.0. The quantitative estimate of drug-likeness (QED) is 0.184. The van der Waals surface area contributed by atoms with Crippen molar-refractivity contribution in [1.29, 1.82) is 0 Å². The average molecular weight is 632 g/mol. The van der Waals surface area contributed by atoms with E-state index in [0.29, 0.717) is 17.3 Å². The van der Waals surface area contributed by atoms with Crippen LogP contribution in [0.25, 0.3) is 0 Å². The van der Waals surface area contributed by atoms with Crippen LogP contribution in [0.3, 0.4) is 0 Å². The molecule has 0 heterocycles. The van der Waals surface area contributed by atoms with Crippen molar-refractivity contribution in [2.75, 3.05) is 17.4 Å². The number of benzene rings is 4. The third kappa shape index (κ3) is 8.27. The van der Waals surface area contributed by atoms with Gasteiger partial charge in [0.1, 0.15) is 12.6 Å². The second-order valence-electron chi connectivity index (χ2n) is 10.8. The van der Waals surface area contributed by atoms with E-state index >= 15 is 0 Å². The Hall–Kier alpha value is -4.14. The highest BCUT2D eigenvalue weighted by atomic mass is 35.5. The molecular formula is C35H38ClN3O4S. The highest BCUT2D eigenvalue weighted by Gasteiger charge is 2.34. The van der Waals surface area contributed by atoms with Gasteiger partial charge < -0.3 is 10.2 Å². The van der Waals surface area contributed by atoms with E-state index < -0.39 is 28.5 Å². The van der Waals surface area contributed by atoms with Gasteiger partial charge in [0.05, 0.1) is 10.6 Å². The van der Waals surface area contributed by atoms with Crippen molar-refractivity contribution in [1.82, 2.24) is 10.2 Å². The maximum absolute atomic E-state index is 14.4. The molecule has 7 nitrogen and oxygen atoms in total. The monoisotopic (exact) mass is 631 g/mol. The Morgan fingerprint density at radius 2 is 1.39 bits per heavy atom. The van der Waals surface area contributed by atoms with E-state index in [1.165, 1.54) is 17.0 Å². The summed E-state index contributed by atoms with van der Waals surface area (Å²) in [6.07, 6.45) is 0.251. The van der Waals surface area contributed by atoms with Gasteiger partial charge in [-0.3, -0.25) is 13.9 Å². The summed E-state index contributed by atoms with van der Waals surface area (Å²) in [7, 11) is -4.14. The maximum Gasteiger partial charge on any atom is 0.264 e. The molecule has 0 unspecified atom stereocenters. The number of likely N-dealkylation sites (N-methyl/N-ethyl adjacent to an activating group) is 1. The molecule has 230 valence electrons. The Morgan fingerprint density at radius 3 is 1.95 bits per heavy atom. The number of rotatable bonds is 13. The highest BCUT2D eigenvalue weighted by Crippen LogP contribution is 2.27. The van der Waals surface area contributed by atoms with Crippen molar-refractivity contribution in [3.05, 3.63) is 131 Å². The first-order chi connectivity index (χ1) is 21.1. The van der Waals surface area contributed by atoms with Gasteiger partial charge in [-0.15, -0.1) is 0 Å². The zero-order valence-corrected chi connectivity index (χ0v) is 26.8. The van der Waals surface area contributed by atoms with E-state index in [2.05, 4.69) is 19.2 Å². The van der Waals surface area contributed by atoms with Gasteiger partial charge in [0.25, 0.3) is 10.0 Å². The number of hydrogen-bond donors (Lipinski definition) is 1. The van der Waals surface area contributed by atoms with Crippen LogP contribution in [0, 0.1) is 0 Å². The Bertz CT molecular complexity index is 1630. The number of anilines is 1. The van der Waals surface area contributed by atoms with E-state index in [1.54, 1.807) is 54.6 Å². The van der Waals surface area contributed by atoms with Crippen LogP contribution in [0.4, 0.5) is 5.69 Å². The lowest BCUT2D eigenvalue weighted by Crippen LogP contribution is -2.53. The summed E-state index contributed by atoms with van der Waals surface area (Å²) >= 11 is 6.13. The van der Waals surface area contributed by atoms with Gasteiger partial charge in [0.15, 0.2) is 0 Å². The maximum atomic E-state index is 14.4. The fourth-order valence-corrected chi connectivity index (χ4v) is 6.47. The van der Waals surface area contributed by atoms with Crippen LogP contribution in [-0.4, -0.2) is 44.3 Å². The molecule has 4 aromatic rings. The summed E-state index contributed by atoms with van der Waals surface area (Å²) in [5.41, 5.74) is 3.02. The molecule has 0 aliphatic rings. The predicted molar refractivity (Wildman–Crippen MR) is 176 cm³/mol. The molecule has 0 fully saturated rings. The molecule has 0 aliphatic heterocycles. The van der Waals surface area contributed by atoms with Crippen molar-refractivity contribution >= 4 is 39.1 Å². The van der Waals surface area contributed by atoms with Gasteiger partial charge in [0, 0.05) is 24.5 Å². The van der Waals surface area contributed by atoms with Gasteiger partial charge in [-0.2, -0.15) is 0 Å². The minimum Gasteiger partial charge on any atom is -0.355 e. The normalized spacial score (nSPS) is 12.0. The van der Waals surface area contributed by atoms with Gasteiger partial charge in [-0.05, 0) is 65.9 Å². The molecule has 44 heavy (non-hydrogen) atoms. The smallest absolute Gasteiger partial charge is 0.264 e. The van der Waals surface area contributed by atoms with Crippen LogP contribution >= 0.6 is 11.6 Å². The standard InChI is InChI=1S/C35H38ClN3O4S/c1-4-37-35(41)33(23-27-11-7-5-8-12-27)38(24-28-15-19-30(36)20-16-28)34(40)25-39(31-21-17-29(18-22-31)26(2)3)44(42,43)32-13-9-6-10-14-32/h5-22,26,33H,4,23-25H2,1-3H3,(H,37,41)/t33-/m1/s1. The SMILES string of the molecule is CCNC(=O)[C@@H](Cc1ccccc1)N(Cc1ccc(Cl)cc1)C(=O)CN(c1ccc(C(C)C)cc1)S(=O)(=O)c1ccccc1. The first-order valence-electron chi connectivity index (χ1n) is 14.6. The van der Waals surface area contributed by atoms with Crippen molar-refractivity contribution in [3.8, 4) is 0 Å². The molecule has 0 saturated heterocycles. The topological polar surface area (TPSA) is 86.8 Å². The molecule has 0 aromatic heterocycles. The number of amides is 2. The Labute approximate surface area is 265 Å². The summed E-state index contributed by atoms with van der Waals surface area (Å²) in [5.74, 6) is -0.590. The second kappa shape index (κ2) is 15.0. The number of nitrogens with one attached hydrogen (secondary N) is 1. The van der Waals surface area contributed by atoms with Gasteiger partial charge in [-0.1, -0.05) is 98.2 Å². The first kappa shape index (κ1) is 32.8. The van der Waals surface area contributed by atoms with E-state index in [0.717, 1.165) is 21.0 Å². The van der Waals surface area contributed by atoms with E-state index in [1.807, 2.05) is 49.4 Å². The Balaban J connectivity index is 1.79. The minimum atomic E-state index is -4.14. The molecule has 9 heteroatoms. The molecule has 4 rings (SSSR count).